The molecule has 36 heavy (non-hydrogen) atoms. The van der Waals surface area contributed by atoms with E-state index in [1.165, 1.54) is 9.87 Å². The minimum absolute atomic E-state index is 0.0318. The molecule has 196 valence electrons. The van der Waals surface area contributed by atoms with Crippen molar-refractivity contribution in [1.82, 2.24) is 14.5 Å². The number of carbonyl (C=O) groups excluding carboxylic acids is 1. The first-order chi connectivity index (χ1) is 17.3. The third-order valence-corrected chi connectivity index (χ3v) is 9.44. The van der Waals surface area contributed by atoms with Gasteiger partial charge in [0, 0.05) is 25.7 Å². The topological polar surface area (TPSA) is 79.0 Å². The van der Waals surface area contributed by atoms with Crippen LogP contribution in [0.3, 0.4) is 0 Å². The smallest absolute Gasteiger partial charge is 0.246 e. The molecule has 1 saturated heterocycles. The van der Waals surface area contributed by atoms with Crippen LogP contribution in [-0.2, 0) is 19.6 Å². The molecule has 1 amide bonds. The minimum Gasteiger partial charge on any atom is -0.367 e. The second-order valence-corrected chi connectivity index (χ2v) is 12.2. The van der Waals surface area contributed by atoms with Gasteiger partial charge in [-0.25, -0.2) is 8.42 Å². The molecule has 0 aromatic heterocycles. The van der Waals surface area contributed by atoms with Gasteiger partial charge in [-0.15, -0.1) is 0 Å². The van der Waals surface area contributed by atoms with Gasteiger partial charge < -0.3 is 15.0 Å². The van der Waals surface area contributed by atoms with E-state index in [0.717, 1.165) is 25.7 Å². The molecular formula is C28H39N3O4S. The fourth-order valence-corrected chi connectivity index (χ4v) is 7.15. The molecule has 0 spiro atoms. The summed E-state index contributed by atoms with van der Waals surface area (Å²) in [5.74, 6) is 0.980. The summed E-state index contributed by atoms with van der Waals surface area (Å²) in [5, 5.41) is 3.04. The highest BCUT2D eigenvalue weighted by atomic mass is 32.2. The second kappa shape index (κ2) is 12.3. The number of rotatable bonds is 10. The van der Waals surface area contributed by atoms with E-state index in [2.05, 4.69) is 54.6 Å². The van der Waals surface area contributed by atoms with Crippen LogP contribution in [-0.4, -0.2) is 70.0 Å². The summed E-state index contributed by atoms with van der Waals surface area (Å²) in [6, 6.07) is 19.6. The number of ether oxygens (including phenoxy) is 1. The molecular weight excluding hydrogens is 474 g/mol. The fraction of sp³-hybridized carbons (Fsp3) is 0.536. The summed E-state index contributed by atoms with van der Waals surface area (Å²) in [7, 11) is 0.796. The number of hydrogen-bond donors (Lipinski definition) is 1. The maximum atomic E-state index is 12.8. The highest BCUT2D eigenvalue weighted by Crippen LogP contribution is 2.39. The Hall–Kier alpha value is -2.26. The van der Waals surface area contributed by atoms with E-state index in [4.69, 9.17) is 4.74 Å². The van der Waals surface area contributed by atoms with Crippen molar-refractivity contribution in [3.63, 3.8) is 0 Å². The van der Waals surface area contributed by atoms with Gasteiger partial charge in [0.2, 0.25) is 15.9 Å². The van der Waals surface area contributed by atoms with Gasteiger partial charge in [0.1, 0.15) is 6.61 Å². The van der Waals surface area contributed by atoms with Gasteiger partial charge in [0.25, 0.3) is 0 Å². The molecule has 0 bridgehead atoms. The van der Waals surface area contributed by atoms with Crippen molar-refractivity contribution in [2.45, 2.75) is 49.1 Å². The summed E-state index contributed by atoms with van der Waals surface area (Å²) in [5.41, 5.74) is 1.37. The van der Waals surface area contributed by atoms with E-state index in [1.54, 1.807) is 30.3 Å². The van der Waals surface area contributed by atoms with Crippen LogP contribution < -0.4 is 5.32 Å². The summed E-state index contributed by atoms with van der Waals surface area (Å²) in [4.78, 5) is 15.0. The van der Waals surface area contributed by atoms with Crippen LogP contribution in [0.25, 0.3) is 0 Å². The SMILES string of the molecule is CN(C)C(c1ccccc1)C1CCC(CNC(=O)COC2CCN(S(=O)(=O)c3ccccc3)C2)CC1. The molecule has 1 N–H and O–H groups in total. The molecule has 4 rings (SSSR count). The molecule has 2 fully saturated rings. The van der Waals surface area contributed by atoms with Crippen LogP contribution >= 0.6 is 0 Å². The summed E-state index contributed by atoms with van der Waals surface area (Å²) in [6.07, 6.45) is 4.87. The molecule has 7 nitrogen and oxygen atoms in total. The van der Waals surface area contributed by atoms with Gasteiger partial charge in [-0.2, -0.15) is 4.31 Å². The molecule has 1 aliphatic carbocycles. The first-order valence-corrected chi connectivity index (χ1v) is 14.4. The van der Waals surface area contributed by atoms with Gasteiger partial charge >= 0.3 is 0 Å². The second-order valence-electron chi connectivity index (χ2n) is 10.3. The highest BCUT2D eigenvalue weighted by Gasteiger charge is 2.33. The van der Waals surface area contributed by atoms with E-state index >= 15 is 0 Å². The molecule has 2 unspecified atom stereocenters. The average molecular weight is 514 g/mol. The Balaban J connectivity index is 1.16. The molecule has 2 aromatic carbocycles. The molecule has 2 aromatic rings. The molecule has 1 heterocycles. The Labute approximate surface area is 215 Å². The first kappa shape index (κ1) is 26.8. The van der Waals surface area contributed by atoms with Gasteiger partial charge in [-0.3, -0.25) is 4.79 Å². The van der Waals surface area contributed by atoms with E-state index < -0.39 is 10.0 Å². The lowest BCUT2D eigenvalue weighted by Gasteiger charge is -2.37. The van der Waals surface area contributed by atoms with Gasteiger partial charge in [-0.05, 0) is 75.7 Å². The number of amides is 1. The summed E-state index contributed by atoms with van der Waals surface area (Å²) in [6.45, 7) is 1.33. The monoisotopic (exact) mass is 513 g/mol. The third kappa shape index (κ3) is 6.73. The van der Waals surface area contributed by atoms with Gasteiger partial charge in [-0.1, -0.05) is 48.5 Å². The zero-order valence-electron chi connectivity index (χ0n) is 21.4. The Morgan fingerprint density at radius 1 is 1.00 bits per heavy atom. The maximum Gasteiger partial charge on any atom is 0.246 e. The first-order valence-electron chi connectivity index (χ1n) is 13.0. The quantitative estimate of drug-likeness (QED) is 0.524. The Bertz CT molecular complexity index is 1070. The molecule has 8 heteroatoms. The Morgan fingerprint density at radius 2 is 1.64 bits per heavy atom. The fourth-order valence-electron chi connectivity index (χ4n) is 5.65. The number of carbonyl (C=O) groups is 1. The molecule has 2 atom stereocenters. The van der Waals surface area contributed by atoms with Crippen molar-refractivity contribution in [2.24, 2.45) is 11.8 Å². The highest BCUT2D eigenvalue weighted by molar-refractivity contribution is 7.89. The minimum atomic E-state index is -3.52. The van der Waals surface area contributed by atoms with Gasteiger partial charge in [0.15, 0.2) is 0 Å². The molecule has 1 saturated carbocycles. The number of benzene rings is 2. The molecule has 1 aliphatic heterocycles. The lowest BCUT2D eigenvalue weighted by atomic mass is 9.76. The van der Waals surface area contributed by atoms with E-state index in [-0.39, 0.29) is 25.2 Å². The van der Waals surface area contributed by atoms with Crippen molar-refractivity contribution in [3.05, 3.63) is 66.2 Å². The standard InChI is InChI=1S/C28H39N3O4S/c1-30(2)28(23-9-5-3-6-10-23)24-15-13-22(14-16-24)19-29-27(32)21-35-25-17-18-31(20-25)36(33,34)26-11-7-4-8-12-26/h3-12,22,24-25,28H,13-21H2,1-2H3,(H,29,32). The Morgan fingerprint density at radius 3 is 2.28 bits per heavy atom. The predicted octanol–water partition coefficient (Wildman–Crippen LogP) is 3.69. The van der Waals surface area contributed by atoms with Crippen LogP contribution in [0, 0.1) is 11.8 Å². The number of nitrogens with zero attached hydrogens (tertiary/aromatic N) is 2. The Kier molecular flexibility index (Phi) is 9.17. The van der Waals surface area contributed by atoms with Crippen molar-refractivity contribution in [2.75, 3.05) is 40.3 Å². The predicted molar refractivity (Wildman–Crippen MR) is 141 cm³/mol. The van der Waals surface area contributed by atoms with E-state index in [1.807, 2.05) is 0 Å². The molecule has 2 aliphatic rings. The lowest BCUT2D eigenvalue weighted by Crippen LogP contribution is -2.37. The zero-order chi connectivity index (χ0) is 25.5. The molecule has 0 radical (unpaired) electrons. The van der Waals surface area contributed by atoms with Crippen molar-refractivity contribution in [1.29, 1.82) is 0 Å². The zero-order valence-corrected chi connectivity index (χ0v) is 22.2. The largest absolute Gasteiger partial charge is 0.367 e. The average Bonchev–Trinajstić information content (AvgIpc) is 3.38. The van der Waals surface area contributed by atoms with Crippen molar-refractivity contribution in [3.8, 4) is 0 Å². The number of sulfonamides is 1. The van der Waals surface area contributed by atoms with E-state index in [9.17, 15) is 13.2 Å². The van der Waals surface area contributed by atoms with Crippen molar-refractivity contribution >= 4 is 15.9 Å². The van der Waals surface area contributed by atoms with E-state index in [0.29, 0.717) is 42.3 Å². The van der Waals surface area contributed by atoms with Crippen LogP contribution in [0.5, 0.6) is 0 Å². The summed E-state index contributed by atoms with van der Waals surface area (Å²) < 4.78 is 32.7. The third-order valence-electron chi connectivity index (χ3n) is 7.56. The van der Waals surface area contributed by atoms with Crippen LogP contribution in [0.4, 0.5) is 0 Å². The number of hydrogen-bond acceptors (Lipinski definition) is 5. The summed E-state index contributed by atoms with van der Waals surface area (Å²) >= 11 is 0. The van der Waals surface area contributed by atoms with Crippen LogP contribution in [0.2, 0.25) is 0 Å². The van der Waals surface area contributed by atoms with Crippen molar-refractivity contribution < 1.29 is 17.9 Å². The lowest BCUT2D eigenvalue weighted by molar-refractivity contribution is -0.127. The maximum absolute atomic E-state index is 12.8. The number of nitrogens with one attached hydrogen (secondary N) is 1. The van der Waals surface area contributed by atoms with Crippen LogP contribution in [0.1, 0.15) is 43.7 Å². The van der Waals surface area contributed by atoms with Crippen LogP contribution in [0.15, 0.2) is 65.6 Å². The van der Waals surface area contributed by atoms with Gasteiger partial charge in [0.05, 0.1) is 11.0 Å². The normalized spacial score (nSPS) is 24.0.